The number of hydrogen-bond donors (Lipinski definition) is 0. The molecule has 0 aromatic heterocycles. The van der Waals surface area contributed by atoms with Crippen LogP contribution < -0.4 is 0 Å². The van der Waals surface area contributed by atoms with E-state index in [4.69, 9.17) is 9.47 Å². The molecular weight excluding hydrogens is 254 g/mol. The van der Waals surface area contributed by atoms with Crippen molar-refractivity contribution in [2.75, 3.05) is 26.9 Å². The lowest BCUT2D eigenvalue weighted by molar-refractivity contribution is 0.0456. The van der Waals surface area contributed by atoms with Crippen molar-refractivity contribution in [2.24, 2.45) is 9.98 Å². The molecule has 0 radical (unpaired) electrons. The third-order valence-corrected chi connectivity index (χ3v) is 2.94. The molecule has 1 unspecified atom stereocenters. The van der Waals surface area contributed by atoms with Crippen LogP contribution in [0.15, 0.2) is 33.8 Å². The Bertz CT molecular complexity index is 413. The summed E-state index contributed by atoms with van der Waals surface area (Å²) in [4.78, 5) is 10.7. The van der Waals surface area contributed by atoms with E-state index in [1.54, 1.807) is 13.4 Å². The molecule has 1 aliphatic rings. The van der Waals surface area contributed by atoms with Crippen molar-refractivity contribution < 1.29 is 9.47 Å². The van der Waals surface area contributed by atoms with E-state index in [1.807, 2.05) is 13.0 Å². The van der Waals surface area contributed by atoms with Gasteiger partial charge in [-0.25, -0.2) is 4.99 Å². The van der Waals surface area contributed by atoms with Crippen molar-refractivity contribution in [3.63, 3.8) is 0 Å². The maximum absolute atomic E-state index is 5.53. The lowest BCUT2D eigenvalue weighted by Crippen LogP contribution is -2.41. The van der Waals surface area contributed by atoms with Crippen LogP contribution in [-0.4, -0.2) is 50.2 Å². The molecule has 112 valence electrons. The molecule has 0 aromatic carbocycles. The second-order valence-corrected chi connectivity index (χ2v) is 4.76. The highest BCUT2D eigenvalue weighted by Gasteiger charge is 2.25. The van der Waals surface area contributed by atoms with Crippen LogP contribution in [0.5, 0.6) is 0 Å². The van der Waals surface area contributed by atoms with Crippen LogP contribution in [0.1, 0.15) is 27.2 Å². The number of allylic oxidation sites excluding steroid dienone is 1. The Labute approximate surface area is 121 Å². The molecule has 1 atom stereocenters. The molecule has 1 fully saturated rings. The summed E-state index contributed by atoms with van der Waals surface area (Å²) in [5.41, 5.74) is 1.89. The zero-order valence-electron chi connectivity index (χ0n) is 12.9. The van der Waals surface area contributed by atoms with Crippen LogP contribution in [0, 0.1) is 0 Å². The van der Waals surface area contributed by atoms with Gasteiger partial charge in [0.25, 0.3) is 0 Å². The zero-order chi connectivity index (χ0) is 15.0. The molecule has 1 aliphatic heterocycles. The Balaban J connectivity index is 3.03. The molecule has 1 rings (SSSR count). The molecule has 0 spiro atoms. The van der Waals surface area contributed by atoms with Gasteiger partial charge in [-0.2, -0.15) is 0 Å². The van der Waals surface area contributed by atoms with Crippen molar-refractivity contribution in [1.29, 1.82) is 0 Å². The molecule has 0 amide bonds. The summed E-state index contributed by atoms with van der Waals surface area (Å²) in [5, 5.41) is 0. The van der Waals surface area contributed by atoms with Crippen molar-refractivity contribution in [3.8, 4) is 0 Å². The minimum absolute atomic E-state index is 0.181. The summed E-state index contributed by atoms with van der Waals surface area (Å²) in [6.45, 7) is 11.8. The highest BCUT2D eigenvalue weighted by atomic mass is 16.5. The van der Waals surface area contributed by atoms with Gasteiger partial charge in [0.2, 0.25) is 0 Å². The Morgan fingerprint density at radius 2 is 2.35 bits per heavy atom. The van der Waals surface area contributed by atoms with Crippen LogP contribution >= 0.6 is 0 Å². The Kier molecular flexibility index (Phi) is 7.01. The number of methoxy groups -OCH3 is 1. The Morgan fingerprint density at radius 1 is 1.60 bits per heavy atom. The summed E-state index contributed by atoms with van der Waals surface area (Å²) >= 11 is 0. The molecule has 0 bridgehead atoms. The second-order valence-electron chi connectivity index (χ2n) is 4.76. The van der Waals surface area contributed by atoms with Gasteiger partial charge in [0.05, 0.1) is 32.1 Å². The van der Waals surface area contributed by atoms with Crippen LogP contribution in [0.25, 0.3) is 0 Å². The first kappa shape index (κ1) is 16.4. The smallest absolute Gasteiger partial charge is 0.134 e. The number of aliphatic imine (C=N–C) groups is 2. The molecule has 0 N–H and O–H groups in total. The number of rotatable bonds is 6. The first-order valence-corrected chi connectivity index (χ1v) is 6.92. The van der Waals surface area contributed by atoms with Crippen molar-refractivity contribution in [1.82, 2.24) is 4.90 Å². The third-order valence-electron chi connectivity index (χ3n) is 2.94. The molecule has 0 aliphatic carbocycles. The van der Waals surface area contributed by atoms with Crippen LogP contribution in [0.3, 0.4) is 0 Å². The van der Waals surface area contributed by atoms with E-state index in [0.717, 1.165) is 30.2 Å². The third kappa shape index (κ3) is 4.49. The first-order valence-electron chi connectivity index (χ1n) is 6.92. The van der Waals surface area contributed by atoms with E-state index in [-0.39, 0.29) is 6.04 Å². The van der Waals surface area contributed by atoms with Gasteiger partial charge in [-0.15, -0.1) is 0 Å². The Hall–Kier alpha value is -1.62. The average Bonchev–Trinajstić information content (AvgIpc) is 2.44. The fourth-order valence-electron chi connectivity index (χ4n) is 2.07. The maximum Gasteiger partial charge on any atom is 0.134 e. The number of morpholine rings is 1. The average molecular weight is 279 g/mol. The van der Waals surface area contributed by atoms with Crippen LogP contribution in [-0.2, 0) is 9.47 Å². The first-order chi connectivity index (χ1) is 9.63. The van der Waals surface area contributed by atoms with Gasteiger partial charge in [0.15, 0.2) is 0 Å². The SMILES string of the molecule is C=N/C(=C\C(C)=N/CCC)N1/C(=C/OC)COCC1C. The zero-order valence-corrected chi connectivity index (χ0v) is 12.9. The van der Waals surface area contributed by atoms with E-state index in [2.05, 4.69) is 35.4 Å². The van der Waals surface area contributed by atoms with Gasteiger partial charge in [-0.05, 0) is 27.0 Å². The molecule has 0 aromatic rings. The van der Waals surface area contributed by atoms with Gasteiger partial charge in [0, 0.05) is 18.3 Å². The van der Waals surface area contributed by atoms with Crippen molar-refractivity contribution in [3.05, 3.63) is 23.9 Å². The van der Waals surface area contributed by atoms with Gasteiger partial charge < -0.3 is 14.4 Å². The predicted molar refractivity (Wildman–Crippen MR) is 83.1 cm³/mol. The maximum atomic E-state index is 5.53. The normalized spacial score (nSPS) is 23.1. The van der Waals surface area contributed by atoms with Crippen molar-refractivity contribution in [2.45, 2.75) is 33.2 Å². The topological polar surface area (TPSA) is 46.4 Å². The molecule has 5 heteroatoms. The van der Waals surface area contributed by atoms with E-state index in [9.17, 15) is 0 Å². The van der Waals surface area contributed by atoms with E-state index in [0.29, 0.717) is 13.2 Å². The largest absolute Gasteiger partial charge is 0.502 e. The van der Waals surface area contributed by atoms with E-state index < -0.39 is 0 Å². The lowest BCUT2D eigenvalue weighted by Gasteiger charge is -2.36. The molecule has 1 heterocycles. The number of nitrogens with zero attached hydrogens (tertiary/aromatic N) is 3. The quantitative estimate of drug-likeness (QED) is 0.554. The fraction of sp³-hybridized carbons (Fsp3) is 0.600. The minimum Gasteiger partial charge on any atom is -0.502 e. The molecule has 1 saturated heterocycles. The lowest BCUT2D eigenvalue weighted by atomic mass is 10.2. The Morgan fingerprint density at radius 3 is 2.95 bits per heavy atom. The second kappa shape index (κ2) is 8.53. The van der Waals surface area contributed by atoms with Gasteiger partial charge in [-0.1, -0.05) is 6.92 Å². The fourth-order valence-corrected chi connectivity index (χ4v) is 2.07. The summed E-state index contributed by atoms with van der Waals surface area (Å²) in [7, 11) is 1.63. The van der Waals surface area contributed by atoms with Gasteiger partial charge in [0.1, 0.15) is 12.1 Å². The van der Waals surface area contributed by atoms with Crippen LogP contribution in [0.4, 0.5) is 0 Å². The van der Waals surface area contributed by atoms with Crippen LogP contribution in [0.2, 0.25) is 0 Å². The highest BCUT2D eigenvalue weighted by molar-refractivity contribution is 5.93. The van der Waals surface area contributed by atoms with Crippen molar-refractivity contribution >= 4 is 12.4 Å². The number of hydrogen-bond acceptors (Lipinski definition) is 5. The summed E-state index contributed by atoms with van der Waals surface area (Å²) in [5.74, 6) is 0.779. The highest BCUT2D eigenvalue weighted by Crippen LogP contribution is 2.23. The molecular formula is C15H25N3O2. The van der Waals surface area contributed by atoms with Gasteiger partial charge >= 0.3 is 0 Å². The monoisotopic (exact) mass is 279 g/mol. The predicted octanol–water partition coefficient (Wildman–Crippen LogP) is 2.61. The summed E-state index contributed by atoms with van der Waals surface area (Å²) in [6, 6.07) is 0.181. The standard InChI is InChI=1S/C15H25N3O2/c1-6-7-17-12(2)8-15(16-4)18-13(3)9-20-11-14(18)10-19-5/h8,10,13H,4,6-7,9,11H2,1-3,5H3/b14-10+,15-8+,17-12-. The molecule has 20 heavy (non-hydrogen) atoms. The number of ether oxygens (including phenoxy) is 2. The van der Waals surface area contributed by atoms with Gasteiger partial charge in [-0.3, -0.25) is 4.99 Å². The van der Waals surface area contributed by atoms with E-state index in [1.165, 1.54) is 0 Å². The summed E-state index contributed by atoms with van der Waals surface area (Å²) in [6.07, 6.45) is 4.67. The summed E-state index contributed by atoms with van der Waals surface area (Å²) < 4.78 is 10.7. The molecule has 5 nitrogen and oxygen atoms in total. The molecule has 0 saturated carbocycles. The van der Waals surface area contributed by atoms with E-state index >= 15 is 0 Å². The minimum atomic E-state index is 0.181.